The van der Waals surface area contributed by atoms with Crippen molar-refractivity contribution >= 4 is 11.8 Å². The molecule has 1 rings (SSSR count). The van der Waals surface area contributed by atoms with Crippen LogP contribution in [0.4, 0.5) is 10.5 Å². The van der Waals surface area contributed by atoms with Crippen molar-refractivity contribution in [1.29, 1.82) is 0 Å². The second-order valence-electron chi connectivity index (χ2n) is 4.38. The number of carbonyl (C=O) groups excluding carboxylic acids is 1. The lowest BCUT2D eigenvalue weighted by Crippen LogP contribution is -2.19. The Labute approximate surface area is 151 Å². The van der Waals surface area contributed by atoms with Crippen LogP contribution in [0.2, 0.25) is 0 Å². The molecule has 1 unspecified atom stereocenters. The molecular formula is C19H31NO5. The van der Waals surface area contributed by atoms with Crippen molar-refractivity contribution in [3.8, 4) is 5.75 Å². The molecule has 0 saturated heterocycles. The maximum Gasteiger partial charge on any atom is 0.514 e. The minimum atomic E-state index is -0.817. The summed E-state index contributed by atoms with van der Waals surface area (Å²) < 4.78 is 10.2. The molecule has 0 aromatic heterocycles. The van der Waals surface area contributed by atoms with Crippen LogP contribution in [-0.2, 0) is 4.74 Å². The predicted octanol–water partition coefficient (Wildman–Crippen LogP) is 6.30. The SMILES string of the molecule is CC.CC.CC/C=C/C(CCC)OC(=O)Oc1ccc([N+](=O)[O-])cc1. The zero-order valence-corrected chi connectivity index (χ0v) is 16.2. The number of carbonyl (C=O) groups is 1. The number of allylic oxidation sites excluding steroid dienone is 1. The van der Waals surface area contributed by atoms with Gasteiger partial charge in [0, 0.05) is 12.1 Å². The van der Waals surface area contributed by atoms with Gasteiger partial charge in [0.15, 0.2) is 0 Å². The minimum Gasteiger partial charge on any atom is -0.426 e. The first-order valence-corrected chi connectivity index (χ1v) is 8.86. The molecule has 0 radical (unpaired) electrons. The third-order valence-electron chi connectivity index (χ3n) is 2.66. The maximum absolute atomic E-state index is 11.7. The summed E-state index contributed by atoms with van der Waals surface area (Å²) in [7, 11) is 0. The van der Waals surface area contributed by atoms with Crippen LogP contribution in [0.15, 0.2) is 36.4 Å². The Balaban J connectivity index is 0. The topological polar surface area (TPSA) is 78.7 Å². The molecule has 0 N–H and O–H groups in total. The van der Waals surface area contributed by atoms with Gasteiger partial charge in [0.1, 0.15) is 11.9 Å². The van der Waals surface area contributed by atoms with Gasteiger partial charge in [0.2, 0.25) is 0 Å². The molecule has 25 heavy (non-hydrogen) atoms. The summed E-state index contributed by atoms with van der Waals surface area (Å²) in [6.45, 7) is 12.0. The smallest absolute Gasteiger partial charge is 0.426 e. The van der Waals surface area contributed by atoms with Gasteiger partial charge < -0.3 is 9.47 Å². The third-order valence-corrected chi connectivity index (χ3v) is 2.66. The average molecular weight is 353 g/mol. The lowest BCUT2D eigenvalue weighted by molar-refractivity contribution is -0.384. The first-order valence-electron chi connectivity index (χ1n) is 8.86. The summed E-state index contributed by atoms with van der Waals surface area (Å²) in [4.78, 5) is 21.7. The standard InChI is InChI=1S/C15H19NO5.2C2H6/c1-3-5-7-13(6-4-2)20-15(17)21-14-10-8-12(9-11-14)16(18)19;2*1-2/h5,7-11,13H,3-4,6H2,1-2H3;2*1-2H3/b7-5+;;. The van der Waals surface area contributed by atoms with Crippen molar-refractivity contribution in [3.05, 3.63) is 46.5 Å². The van der Waals surface area contributed by atoms with Crippen molar-refractivity contribution in [2.45, 2.75) is 66.9 Å². The van der Waals surface area contributed by atoms with E-state index in [0.29, 0.717) is 6.42 Å². The van der Waals surface area contributed by atoms with E-state index in [-0.39, 0.29) is 17.5 Å². The van der Waals surface area contributed by atoms with Crippen LogP contribution in [0.3, 0.4) is 0 Å². The van der Waals surface area contributed by atoms with E-state index in [2.05, 4.69) is 0 Å². The molecule has 0 amide bonds. The molecule has 0 heterocycles. The number of nitrogens with zero attached hydrogens (tertiary/aromatic N) is 1. The fourth-order valence-electron chi connectivity index (χ4n) is 1.65. The van der Waals surface area contributed by atoms with Gasteiger partial charge in [-0.15, -0.1) is 0 Å². The molecule has 6 heteroatoms. The Hall–Kier alpha value is -2.37. The van der Waals surface area contributed by atoms with E-state index in [1.807, 2.05) is 53.7 Å². The second-order valence-corrected chi connectivity index (χ2v) is 4.38. The molecule has 0 aliphatic rings. The van der Waals surface area contributed by atoms with Crippen molar-refractivity contribution in [2.24, 2.45) is 0 Å². The molecule has 0 saturated carbocycles. The van der Waals surface area contributed by atoms with Crippen molar-refractivity contribution < 1.29 is 19.2 Å². The zero-order valence-electron chi connectivity index (χ0n) is 16.2. The van der Waals surface area contributed by atoms with Gasteiger partial charge in [-0.25, -0.2) is 4.79 Å². The highest BCUT2D eigenvalue weighted by molar-refractivity contribution is 5.64. The van der Waals surface area contributed by atoms with Crippen LogP contribution >= 0.6 is 0 Å². The predicted molar refractivity (Wildman–Crippen MR) is 101 cm³/mol. The summed E-state index contributed by atoms with van der Waals surface area (Å²) in [5, 5.41) is 10.5. The van der Waals surface area contributed by atoms with Crippen LogP contribution < -0.4 is 4.74 Å². The first-order chi connectivity index (χ1) is 12.1. The van der Waals surface area contributed by atoms with Crippen LogP contribution in [0, 0.1) is 10.1 Å². The summed E-state index contributed by atoms with van der Waals surface area (Å²) in [6.07, 6.45) is 5.08. The van der Waals surface area contributed by atoms with Gasteiger partial charge in [-0.05, 0) is 31.1 Å². The summed E-state index contributed by atoms with van der Waals surface area (Å²) in [5.74, 6) is 0.209. The Morgan fingerprint density at radius 2 is 1.72 bits per heavy atom. The number of nitro benzene ring substituents is 1. The number of non-ortho nitro benzene ring substituents is 1. The molecule has 0 fully saturated rings. The van der Waals surface area contributed by atoms with E-state index in [0.717, 1.165) is 12.8 Å². The molecule has 6 nitrogen and oxygen atoms in total. The van der Waals surface area contributed by atoms with Gasteiger partial charge in [-0.1, -0.05) is 54.0 Å². The van der Waals surface area contributed by atoms with Crippen LogP contribution in [0.1, 0.15) is 60.8 Å². The summed E-state index contributed by atoms with van der Waals surface area (Å²) in [6, 6.07) is 5.25. The Bertz CT molecular complexity index is 497. The fourth-order valence-corrected chi connectivity index (χ4v) is 1.65. The fraction of sp³-hybridized carbons (Fsp3) is 0.526. The monoisotopic (exact) mass is 353 g/mol. The van der Waals surface area contributed by atoms with Crippen LogP contribution in [0.5, 0.6) is 5.75 Å². The lowest BCUT2D eigenvalue weighted by atomic mass is 10.2. The highest BCUT2D eigenvalue weighted by Crippen LogP contribution is 2.18. The largest absolute Gasteiger partial charge is 0.514 e. The average Bonchev–Trinajstić information content (AvgIpc) is 2.63. The maximum atomic E-state index is 11.7. The number of hydrogen-bond donors (Lipinski definition) is 0. The number of nitro groups is 1. The van der Waals surface area contributed by atoms with Gasteiger partial charge in [-0.2, -0.15) is 0 Å². The molecule has 1 aromatic carbocycles. The van der Waals surface area contributed by atoms with Crippen LogP contribution in [-0.4, -0.2) is 17.2 Å². The number of benzene rings is 1. The number of hydrogen-bond acceptors (Lipinski definition) is 5. The molecule has 1 atom stereocenters. The zero-order chi connectivity index (χ0) is 19.7. The first kappa shape index (κ1) is 24.9. The number of rotatable bonds is 7. The highest BCUT2D eigenvalue weighted by Gasteiger charge is 2.13. The summed E-state index contributed by atoms with van der Waals surface area (Å²) in [5.41, 5.74) is -0.0644. The Kier molecular flexibility index (Phi) is 16.4. The minimum absolute atomic E-state index is 0.0644. The van der Waals surface area contributed by atoms with Crippen molar-refractivity contribution in [2.75, 3.05) is 0 Å². The van der Waals surface area contributed by atoms with E-state index >= 15 is 0 Å². The molecule has 0 aliphatic heterocycles. The van der Waals surface area contributed by atoms with E-state index in [4.69, 9.17) is 9.47 Å². The van der Waals surface area contributed by atoms with Gasteiger partial charge >= 0.3 is 6.16 Å². The highest BCUT2D eigenvalue weighted by atomic mass is 16.7. The van der Waals surface area contributed by atoms with Crippen molar-refractivity contribution in [1.82, 2.24) is 0 Å². The molecule has 142 valence electrons. The lowest BCUT2D eigenvalue weighted by Gasteiger charge is -2.13. The molecule has 0 spiro atoms. The van der Waals surface area contributed by atoms with Crippen LogP contribution in [0.25, 0.3) is 0 Å². The van der Waals surface area contributed by atoms with E-state index < -0.39 is 11.1 Å². The van der Waals surface area contributed by atoms with Gasteiger partial charge in [0.05, 0.1) is 4.92 Å². The molecule has 0 bridgehead atoms. The molecule has 0 aliphatic carbocycles. The van der Waals surface area contributed by atoms with E-state index in [1.54, 1.807) is 0 Å². The Morgan fingerprint density at radius 3 is 2.16 bits per heavy atom. The van der Waals surface area contributed by atoms with Gasteiger partial charge in [-0.3, -0.25) is 10.1 Å². The normalized spacial score (nSPS) is 10.6. The third kappa shape index (κ3) is 11.8. The quantitative estimate of drug-likeness (QED) is 0.189. The number of ether oxygens (including phenoxy) is 2. The van der Waals surface area contributed by atoms with Crippen molar-refractivity contribution in [3.63, 3.8) is 0 Å². The molecular weight excluding hydrogens is 322 g/mol. The molecule has 1 aromatic rings. The Morgan fingerprint density at radius 1 is 1.16 bits per heavy atom. The van der Waals surface area contributed by atoms with E-state index in [9.17, 15) is 14.9 Å². The van der Waals surface area contributed by atoms with E-state index in [1.165, 1.54) is 24.3 Å². The summed E-state index contributed by atoms with van der Waals surface area (Å²) >= 11 is 0. The second kappa shape index (κ2) is 16.5. The van der Waals surface area contributed by atoms with Gasteiger partial charge in [0.25, 0.3) is 5.69 Å².